The van der Waals surface area contributed by atoms with E-state index in [1.54, 1.807) is 0 Å². The predicted molar refractivity (Wildman–Crippen MR) is 216 cm³/mol. The molecule has 7 aromatic carbocycles. The van der Waals surface area contributed by atoms with Crippen molar-refractivity contribution in [3.63, 3.8) is 0 Å². The van der Waals surface area contributed by atoms with E-state index in [1.807, 2.05) is 18.3 Å². The van der Waals surface area contributed by atoms with Gasteiger partial charge in [0, 0.05) is 34.0 Å². The molecule has 0 aliphatic heterocycles. The lowest BCUT2D eigenvalue weighted by atomic mass is 10.0. The molecule has 0 fully saturated rings. The van der Waals surface area contributed by atoms with Crippen molar-refractivity contribution >= 4 is 55.5 Å². The molecule has 0 N–H and O–H groups in total. The molecule has 0 bridgehead atoms. The van der Waals surface area contributed by atoms with Gasteiger partial charge in [-0.3, -0.25) is 9.38 Å². The first kappa shape index (κ1) is 29.8. The number of para-hydroxylation sites is 2. The number of hydrogen-bond acceptors (Lipinski definition) is 3. The summed E-state index contributed by atoms with van der Waals surface area (Å²) in [6.45, 7) is 0. The summed E-state index contributed by atoms with van der Waals surface area (Å²) in [5.41, 5.74) is 15.4. The lowest BCUT2D eigenvalue weighted by Gasteiger charge is -2.26. The van der Waals surface area contributed by atoms with Crippen LogP contribution in [0.4, 0.5) is 17.1 Å². The molecule has 244 valence electrons. The number of benzene rings is 7. The third-order valence-electron chi connectivity index (χ3n) is 10.0. The molecule has 0 unspecified atom stereocenters. The van der Waals surface area contributed by atoms with Crippen molar-refractivity contribution in [2.45, 2.75) is 0 Å². The van der Waals surface area contributed by atoms with Crippen LogP contribution in [0.5, 0.6) is 0 Å². The van der Waals surface area contributed by atoms with E-state index in [1.165, 1.54) is 22.3 Å². The van der Waals surface area contributed by atoms with E-state index in [0.29, 0.717) is 0 Å². The largest absolute Gasteiger partial charge is 0.311 e. The highest BCUT2D eigenvalue weighted by atomic mass is 15.1. The molecule has 52 heavy (non-hydrogen) atoms. The molecule has 10 rings (SSSR count). The maximum atomic E-state index is 5.01. The van der Waals surface area contributed by atoms with Gasteiger partial charge in [-0.1, -0.05) is 115 Å². The van der Waals surface area contributed by atoms with Gasteiger partial charge in [-0.25, -0.2) is 4.98 Å². The molecule has 0 radical (unpaired) electrons. The zero-order valence-electron chi connectivity index (χ0n) is 28.3. The lowest BCUT2D eigenvalue weighted by molar-refractivity contribution is 1.28. The first-order valence-electron chi connectivity index (χ1n) is 17.6. The van der Waals surface area contributed by atoms with E-state index in [-0.39, 0.29) is 0 Å². The molecule has 0 aliphatic rings. The summed E-state index contributed by atoms with van der Waals surface area (Å²) in [6.07, 6.45) is 1.87. The molecule has 0 spiro atoms. The van der Waals surface area contributed by atoms with Crippen molar-refractivity contribution in [1.82, 2.24) is 14.4 Å². The van der Waals surface area contributed by atoms with Crippen LogP contribution >= 0.6 is 0 Å². The fourth-order valence-corrected chi connectivity index (χ4v) is 7.47. The van der Waals surface area contributed by atoms with E-state index in [2.05, 4.69) is 185 Å². The summed E-state index contributed by atoms with van der Waals surface area (Å²) < 4.78 is 2.27. The summed E-state index contributed by atoms with van der Waals surface area (Å²) in [6, 6.07) is 66.8. The third kappa shape index (κ3) is 5.09. The Kier molecular flexibility index (Phi) is 7.10. The molecule has 4 heteroatoms. The van der Waals surface area contributed by atoms with Crippen molar-refractivity contribution in [3.05, 3.63) is 194 Å². The van der Waals surface area contributed by atoms with Crippen LogP contribution in [0.25, 0.3) is 71.9 Å². The topological polar surface area (TPSA) is 33.4 Å². The normalized spacial score (nSPS) is 11.5. The number of hydrogen-bond donors (Lipinski definition) is 0. The average Bonchev–Trinajstić information content (AvgIpc) is 3.63. The second-order valence-electron chi connectivity index (χ2n) is 13.1. The van der Waals surface area contributed by atoms with Gasteiger partial charge in [-0.05, 0) is 106 Å². The van der Waals surface area contributed by atoms with Gasteiger partial charge in [0.05, 0.1) is 22.1 Å². The highest BCUT2D eigenvalue weighted by molar-refractivity contribution is 6.12. The van der Waals surface area contributed by atoms with Crippen molar-refractivity contribution in [2.24, 2.45) is 0 Å². The second-order valence-corrected chi connectivity index (χ2v) is 13.1. The van der Waals surface area contributed by atoms with Crippen LogP contribution in [0.2, 0.25) is 0 Å². The van der Waals surface area contributed by atoms with Gasteiger partial charge in [0.2, 0.25) is 0 Å². The number of rotatable bonds is 6. The Morgan fingerprint density at radius 2 is 0.885 bits per heavy atom. The van der Waals surface area contributed by atoms with E-state index in [9.17, 15) is 0 Å². The standard InChI is InChI=1S/C48H32N4/c1-3-10-33(11-4-1)35-17-24-39(25-18-35)51(40-26-19-36(20-27-40)34-12-5-2-6-13-34)41-28-21-37(22-29-41)38-23-30-45-43(32-38)47-42(14-9-31-49-47)48-50-44-15-7-8-16-46(44)52(45)48/h1-32H. The Balaban J connectivity index is 1.06. The van der Waals surface area contributed by atoms with E-state index >= 15 is 0 Å². The molecule has 0 amide bonds. The summed E-state index contributed by atoms with van der Waals surface area (Å²) in [7, 11) is 0. The van der Waals surface area contributed by atoms with Gasteiger partial charge in [0.1, 0.15) is 5.65 Å². The highest BCUT2D eigenvalue weighted by Crippen LogP contribution is 2.39. The second kappa shape index (κ2) is 12.4. The van der Waals surface area contributed by atoms with E-state index in [4.69, 9.17) is 9.97 Å². The van der Waals surface area contributed by atoms with Crippen molar-refractivity contribution < 1.29 is 0 Å². The maximum Gasteiger partial charge on any atom is 0.147 e. The summed E-state index contributed by atoms with van der Waals surface area (Å²) in [4.78, 5) is 12.2. The zero-order valence-corrected chi connectivity index (χ0v) is 28.3. The summed E-state index contributed by atoms with van der Waals surface area (Å²) in [5, 5.41) is 2.15. The molecule has 0 atom stereocenters. The maximum absolute atomic E-state index is 5.01. The van der Waals surface area contributed by atoms with Crippen LogP contribution in [0.3, 0.4) is 0 Å². The minimum absolute atomic E-state index is 0.933. The quantitative estimate of drug-likeness (QED) is 0.166. The average molecular weight is 665 g/mol. The van der Waals surface area contributed by atoms with Gasteiger partial charge >= 0.3 is 0 Å². The van der Waals surface area contributed by atoms with Crippen molar-refractivity contribution in [3.8, 4) is 33.4 Å². The van der Waals surface area contributed by atoms with E-state index in [0.717, 1.165) is 66.7 Å². The van der Waals surface area contributed by atoms with Gasteiger partial charge in [0.15, 0.2) is 0 Å². The van der Waals surface area contributed by atoms with E-state index < -0.39 is 0 Å². The predicted octanol–water partition coefficient (Wildman–Crippen LogP) is 12.7. The monoisotopic (exact) mass is 664 g/mol. The summed E-state index contributed by atoms with van der Waals surface area (Å²) >= 11 is 0. The van der Waals surface area contributed by atoms with Crippen LogP contribution in [0.1, 0.15) is 0 Å². The number of pyridine rings is 2. The van der Waals surface area contributed by atoms with Gasteiger partial charge < -0.3 is 4.90 Å². The molecule has 0 saturated carbocycles. The molecule has 0 aliphatic carbocycles. The third-order valence-corrected chi connectivity index (χ3v) is 10.0. The molecule has 0 saturated heterocycles. The zero-order chi connectivity index (χ0) is 34.4. The molecule has 4 nitrogen and oxygen atoms in total. The Hall–Kier alpha value is -7.04. The SMILES string of the molecule is c1ccc(-c2ccc(N(c3ccc(-c4ccccc4)cc3)c3ccc(-c4ccc5c(c4)c4ncccc4c4nc6ccccc6n54)cc3)cc2)cc1. The van der Waals surface area contributed by atoms with Crippen LogP contribution in [0, 0.1) is 0 Å². The van der Waals surface area contributed by atoms with Crippen LogP contribution < -0.4 is 4.90 Å². The fourth-order valence-electron chi connectivity index (χ4n) is 7.47. The van der Waals surface area contributed by atoms with Gasteiger partial charge in [0.25, 0.3) is 0 Å². The minimum Gasteiger partial charge on any atom is -0.311 e. The highest BCUT2D eigenvalue weighted by Gasteiger charge is 2.17. The summed E-state index contributed by atoms with van der Waals surface area (Å²) in [5.74, 6) is 0. The molecular weight excluding hydrogens is 633 g/mol. The van der Waals surface area contributed by atoms with Gasteiger partial charge in [-0.2, -0.15) is 0 Å². The number of fused-ring (bicyclic) bond motifs is 8. The van der Waals surface area contributed by atoms with Crippen molar-refractivity contribution in [1.29, 1.82) is 0 Å². The first-order valence-corrected chi connectivity index (χ1v) is 17.6. The van der Waals surface area contributed by atoms with Crippen LogP contribution in [-0.4, -0.2) is 14.4 Å². The Morgan fingerprint density at radius 1 is 0.385 bits per heavy atom. The number of anilines is 3. The molecular formula is C48H32N4. The van der Waals surface area contributed by atoms with Crippen LogP contribution in [-0.2, 0) is 0 Å². The Morgan fingerprint density at radius 3 is 1.48 bits per heavy atom. The van der Waals surface area contributed by atoms with Gasteiger partial charge in [-0.15, -0.1) is 0 Å². The smallest absolute Gasteiger partial charge is 0.147 e. The fraction of sp³-hybridized carbons (Fsp3) is 0. The molecule has 3 heterocycles. The van der Waals surface area contributed by atoms with Crippen molar-refractivity contribution in [2.75, 3.05) is 4.90 Å². The first-order chi connectivity index (χ1) is 25.8. The molecule has 10 aromatic rings. The number of nitrogens with zero attached hydrogens (tertiary/aromatic N) is 4. The Bertz CT molecular complexity index is 2780. The lowest BCUT2D eigenvalue weighted by Crippen LogP contribution is -2.09. The number of imidazole rings is 1. The minimum atomic E-state index is 0.933. The molecule has 3 aromatic heterocycles. The van der Waals surface area contributed by atoms with Crippen LogP contribution in [0.15, 0.2) is 194 Å². The number of aromatic nitrogens is 3. The Labute approximate surface area is 301 Å².